The molecule has 14 rings (SSSR count). The van der Waals surface area contributed by atoms with Gasteiger partial charge >= 0.3 is 0 Å². The average Bonchev–Trinajstić information content (AvgIpc) is 4.12. The normalized spacial score (nSPS) is 12.0. The summed E-state index contributed by atoms with van der Waals surface area (Å²) in [5, 5.41) is 11.3. The van der Waals surface area contributed by atoms with Crippen LogP contribution in [0, 0.1) is 0 Å². The monoisotopic (exact) mass is 913 g/mol. The van der Waals surface area contributed by atoms with E-state index in [9.17, 15) is 0 Å². The summed E-state index contributed by atoms with van der Waals surface area (Å²) in [6.45, 7) is 0. The van der Waals surface area contributed by atoms with Gasteiger partial charge in [0.25, 0.3) is 0 Å². The molecule has 5 heterocycles. The number of aromatic nitrogens is 5. The molecule has 0 saturated heterocycles. The lowest BCUT2D eigenvalue weighted by molar-refractivity contribution is 0.668. The minimum absolute atomic E-state index is 0.507. The average molecular weight is 914 g/mol. The highest BCUT2D eigenvalue weighted by Crippen LogP contribution is 2.41. The SMILES string of the molecule is c1ccc([Si](c2ccccc2)(c2ccccc2)c2cccc(-c3nc(-c4cccc5oc6ccncc6c45)nc(-n4c5ccccc5c5cc(-c6cccc7oc8ccccc8c67)ccc54)n3)c2)cc1. The van der Waals surface area contributed by atoms with Gasteiger partial charge in [-0.1, -0.05) is 182 Å². The molecule has 328 valence electrons. The highest BCUT2D eigenvalue weighted by atomic mass is 28.3. The zero-order valence-electron chi connectivity index (χ0n) is 37.6. The van der Waals surface area contributed by atoms with Crippen LogP contribution in [0.5, 0.6) is 0 Å². The molecule has 0 spiro atoms. The quantitative estimate of drug-likeness (QED) is 0.112. The van der Waals surface area contributed by atoms with Gasteiger partial charge in [-0.3, -0.25) is 9.55 Å². The lowest BCUT2D eigenvalue weighted by atomic mass is 9.98. The summed E-state index contributed by atoms with van der Waals surface area (Å²) in [5.74, 6) is 1.59. The molecule has 0 aliphatic rings. The number of nitrogens with zero attached hydrogens (tertiary/aromatic N) is 5. The van der Waals surface area contributed by atoms with Crippen LogP contribution in [0.2, 0.25) is 0 Å². The first-order valence-electron chi connectivity index (χ1n) is 23.4. The molecule has 0 bridgehead atoms. The van der Waals surface area contributed by atoms with Gasteiger partial charge in [-0.25, -0.2) is 4.98 Å². The Morgan fingerprint density at radius 1 is 0.357 bits per heavy atom. The van der Waals surface area contributed by atoms with Crippen LogP contribution >= 0.6 is 0 Å². The predicted octanol–water partition coefficient (Wildman–Crippen LogP) is 12.5. The van der Waals surface area contributed by atoms with Crippen LogP contribution < -0.4 is 20.7 Å². The molecule has 0 amide bonds. The Labute approximate surface area is 402 Å². The molecule has 0 fully saturated rings. The van der Waals surface area contributed by atoms with E-state index in [2.05, 4.69) is 198 Å². The van der Waals surface area contributed by atoms with Crippen molar-refractivity contribution in [1.82, 2.24) is 24.5 Å². The van der Waals surface area contributed by atoms with Crippen molar-refractivity contribution >= 4 is 94.5 Å². The van der Waals surface area contributed by atoms with Gasteiger partial charge in [-0.05, 0) is 74.3 Å². The molecule has 0 aliphatic carbocycles. The van der Waals surface area contributed by atoms with E-state index in [0.29, 0.717) is 17.6 Å². The van der Waals surface area contributed by atoms with Gasteiger partial charge in [0.1, 0.15) is 22.3 Å². The van der Waals surface area contributed by atoms with Crippen LogP contribution in [0.15, 0.2) is 246 Å². The topological polar surface area (TPSA) is 82.8 Å². The molecule has 0 radical (unpaired) electrons. The zero-order chi connectivity index (χ0) is 46.2. The third-order valence-corrected chi connectivity index (χ3v) is 18.7. The van der Waals surface area contributed by atoms with Crippen molar-refractivity contribution in [3.63, 3.8) is 0 Å². The lowest BCUT2D eigenvalue weighted by Crippen LogP contribution is -2.74. The minimum Gasteiger partial charge on any atom is -0.456 e. The van der Waals surface area contributed by atoms with Crippen molar-refractivity contribution in [1.29, 1.82) is 0 Å². The maximum atomic E-state index is 6.40. The Kier molecular flexibility index (Phi) is 9.08. The Balaban J connectivity index is 1.03. The smallest absolute Gasteiger partial charge is 0.238 e. The van der Waals surface area contributed by atoms with Gasteiger partial charge < -0.3 is 8.83 Å². The van der Waals surface area contributed by atoms with Gasteiger partial charge in [-0.2, -0.15) is 9.97 Å². The molecule has 7 nitrogen and oxygen atoms in total. The number of rotatable bonds is 8. The highest BCUT2D eigenvalue weighted by molar-refractivity contribution is 7.19. The zero-order valence-corrected chi connectivity index (χ0v) is 38.6. The Morgan fingerprint density at radius 2 is 0.914 bits per heavy atom. The van der Waals surface area contributed by atoms with Crippen molar-refractivity contribution in [3.05, 3.63) is 237 Å². The van der Waals surface area contributed by atoms with E-state index in [-0.39, 0.29) is 0 Å². The van der Waals surface area contributed by atoms with Crippen LogP contribution in [0.3, 0.4) is 0 Å². The Hall–Kier alpha value is -9.24. The molecular weight excluding hydrogens is 875 g/mol. The maximum Gasteiger partial charge on any atom is 0.238 e. The number of hydrogen-bond donors (Lipinski definition) is 0. The fourth-order valence-corrected chi connectivity index (χ4v) is 15.7. The molecule has 9 aromatic carbocycles. The second kappa shape index (κ2) is 15.9. The van der Waals surface area contributed by atoms with Crippen LogP contribution in [0.4, 0.5) is 0 Å². The van der Waals surface area contributed by atoms with E-state index in [0.717, 1.165) is 87.9 Å². The van der Waals surface area contributed by atoms with Gasteiger partial charge in [0.2, 0.25) is 5.95 Å². The second-order valence-electron chi connectivity index (χ2n) is 17.7. The van der Waals surface area contributed by atoms with Gasteiger partial charge in [0, 0.05) is 55.8 Å². The molecule has 0 aliphatic heterocycles. The summed E-state index contributed by atoms with van der Waals surface area (Å²) in [6, 6.07) is 79.6. The summed E-state index contributed by atoms with van der Waals surface area (Å²) < 4.78 is 14.9. The molecule has 5 aromatic heterocycles. The first-order chi connectivity index (χ1) is 34.7. The summed E-state index contributed by atoms with van der Waals surface area (Å²) >= 11 is 0. The predicted molar refractivity (Wildman–Crippen MR) is 286 cm³/mol. The summed E-state index contributed by atoms with van der Waals surface area (Å²) in [5.41, 5.74) is 9.11. The van der Waals surface area contributed by atoms with Gasteiger partial charge in [-0.15, -0.1) is 0 Å². The van der Waals surface area contributed by atoms with E-state index < -0.39 is 8.07 Å². The Morgan fingerprint density at radius 3 is 1.64 bits per heavy atom. The van der Waals surface area contributed by atoms with Crippen LogP contribution in [0.25, 0.3) is 106 Å². The lowest BCUT2D eigenvalue weighted by Gasteiger charge is -2.34. The van der Waals surface area contributed by atoms with E-state index >= 15 is 0 Å². The van der Waals surface area contributed by atoms with Crippen molar-refractivity contribution in [3.8, 4) is 39.9 Å². The molecule has 70 heavy (non-hydrogen) atoms. The third-order valence-electron chi connectivity index (χ3n) is 13.9. The minimum atomic E-state index is -2.90. The number of hydrogen-bond acceptors (Lipinski definition) is 6. The molecule has 0 atom stereocenters. The Bertz CT molecular complexity index is 4220. The summed E-state index contributed by atoms with van der Waals surface area (Å²) in [6.07, 6.45) is 3.61. The molecule has 8 heteroatoms. The molecule has 14 aromatic rings. The number of para-hydroxylation sites is 2. The van der Waals surface area contributed by atoms with Crippen molar-refractivity contribution < 1.29 is 8.83 Å². The van der Waals surface area contributed by atoms with Crippen LogP contribution in [0.1, 0.15) is 0 Å². The van der Waals surface area contributed by atoms with Crippen molar-refractivity contribution in [2.75, 3.05) is 0 Å². The first-order valence-corrected chi connectivity index (χ1v) is 25.4. The fourth-order valence-electron chi connectivity index (χ4n) is 10.9. The largest absolute Gasteiger partial charge is 0.456 e. The van der Waals surface area contributed by atoms with E-state index in [1.165, 1.54) is 20.7 Å². The molecule has 0 unspecified atom stereocenters. The van der Waals surface area contributed by atoms with Gasteiger partial charge in [0.15, 0.2) is 19.7 Å². The van der Waals surface area contributed by atoms with Crippen molar-refractivity contribution in [2.24, 2.45) is 0 Å². The summed E-state index contributed by atoms with van der Waals surface area (Å²) in [7, 11) is -2.90. The number of pyridine rings is 1. The third kappa shape index (κ3) is 6.13. The standard InChI is InChI=1S/C62H39N5O2Si/c1-4-18-42(19-5-1)70(43-20-6-2-7-21-43,44-22-8-3-9-23-44)45-24-14-17-41(37-45)60-64-61(49-28-16-32-57-59(49)51-39-63-36-35-55(51)69-57)66-62(65-60)67-52-29-12-10-25-47(52)50-38-40(33-34-53(50)67)46-27-15-31-56-58(46)48-26-11-13-30-54(48)68-56/h1-39H. The van der Waals surface area contributed by atoms with E-state index in [4.69, 9.17) is 23.8 Å². The fraction of sp³-hybridized carbons (Fsp3) is 0. The maximum absolute atomic E-state index is 6.40. The molecule has 0 saturated carbocycles. The molecule has 0 N–H and O–H groups in total. The van der Waals surface area contributed by atoms with E-state index in [1.54, 1.807) is 6.20 Å². The summed E-state index contributed by atoms with van der Waals surface area (Å²) in [4.78, 5) is 20.9. The highest BCUT2D eigenvalue weighted by Gasteiger charge is 2.41. The van der Waals surface area contributed by atoms with Crippen LogP contribution in [-0.4, -0.2) is 32.6 Å². The molecular formula is C62H39N5O2Si. The first kappa shape index (κ1) is 39.9. The number of fused-ring (bicyclic) bond motifs is 9. The number of benzene rings is 9. The van der Waals surface area contributed by atoms with Crippen LogP contribution in [-0.2, 0) is 0 Å². The van der Waals surface area contributed by atoms with E-state index in [1.807, 2.05) is 42.6 Å². The second-order valence-corrected chi connectivity index (χ2v) is 21.5. The van der Waals surface area contributed by atoms with Gasteiger partial charge in [0.05, 0.1) is 11.0 Å². The number of furan rings is 2. The van der Waals surface area contributed by atoms with Crippen molar-refractivity contribution in [2.45, 2.75) is 0 Å².